The molecule has 0 aliphatic carbocycles. The first-order valence-corrected chi connectivity index (χ1v) is 3.21. The van der Waals surface area contributed by atoms with E-state index in [1.807, 2.05) is 20.3 Å². The van der Waals surface area contributed by atoms with Crippen LogP contribution in [0.3, 0.4) is 0 Å². The van der Waals surface area contributed by atoms with E-state index in [1.165, 1.54) is 0 Å². The van der Waals surface area contributed by atoms with E-state index in [4.69, 9.17) is 0 Å². The summed E-state index contributed by atoms with van der Waals surface area (Å²) in [5, 5.41) is 0. The van der Waals surface area contributed by atoms with Crippen LogP contribution in [0.2, 0.25) is 0 Å². The molecule has 0 unspecified atom stereocenters. The van der Waals surface area contributed by atoms with E-state index in [2.05, 4.69) is 10.8 Å². The summed E-state index contributed by atoms with van der Waals surface area (Å²) in [5.74, 6) is -0.236. The van der Waals surface area contributed by atoms with Gasteiger partial charge in [0.25, 0.3) is 0 Å². The van der Waals surface area contributed by atoms with Crippen LogP contribution in [-0.4, -0.2) is 12.6 Å². The van der Waals surface area contributed by atoms with Crippen LogP contribution in [0, 0.1) is 43.6 Å². The third-order valence-electron chi connectivity index (χ3n) is 0.847. The molecule has 0 fully saturated rings. The number of carbonyl (C=O) groups excluding carboxylic acids is 1. The molecule has 0 saturated carbocycles. The molecular weight excluding hydrogens is 366 g/mol. The molecule has 0 atom stereocenters. The van der Waals surface area contributed by atoms with Gasteiger partial charge in [0.15, 0.2) is 5.97 Å². The number of ether oxygens (including phenoxy) is 1. The van der Waals surface area contributed by atoms with Crippen LogP contribution in [0.1, 0.15) is 20.8 Å². The molecule has 0 aromatic carbocycles. The molecule has 0 aromatic heterocycles. The van der Waals surface area contributed by atoms with Gasteiger partial charge in [-0.3, -0.25) is 0 Å². The van der Waals surface area contributed by atoms with Gasteiger partial charge in [-0.1, -0.05) is 6.92 Å². The predicted octanol–water partition coefficient (Wildman–Crippen LogP) is 1.52. The molecule has 1 rings (SSSR count). The van der Waals surface area contributed by atoms with Gasteiger partial charge in [0.2, 0.25) is 0 Å². The smallest absolute Gasteiger partial charge is 0.561 e. The molecule has 11 heavy (non-hydrogen) atoms. The number of carbonyl (C=O) groups is 1. The first-order chi connectivity index (χ1) is 4.72. The summed E-state index contributed by atoms with van der Waals surface area (Å²) >= 11 is 0. The van der Waals surface area contributed by atoms with E-state index >= 15 is 0 Å². The Kier molecular flexibility index (Phi) is 10.5. The van der Waals surface area contributed by atoms with Crippen LogP contribution < -0.4 is 0 Å². The van der Waals surface area contributed by atoms with E-state index in [0.29, 0.717) is 12.2 Å². The molecule has 0 saturated heterocycles. The Morgan fingerprint density at radius 1 is 1.55 bits per heavy atom. The summed E-state index contributed by atoms with van der Waals surface area (Å²) in [6.45, 7) is 6.03. The van der Waals surface area contributed by atoms with Gasteiger partial charge in [-0.05, 0) is 0 Å². The molecule has 1 aliphatic rings. The van der Waals surface area contributed by atoms with Gasteiger partial charge in [0.1, 0.15) is 0 Å². The summed E-state index contributed by atoms with van der Waals surface area (Å²) in [4.78, 5) is 10.3. The quantitative estimate of drug-likeness (QED) is 0.472. The Balaban J connectivity index is 0. The van der Waals surface area contributed by atoms with E-state index in [-0.39, 0.29) is 37.1 Å². The molecule has 0 N–H and O–H groups in total. The molecule has 0 radical (unpaired) electrons. The summed E-state index contributed by atoms with van der Waals surface area (Å²) in [6, 6.07) is 0. The van der Waals surface area contributed by atoms with Gasteiger partial charge in [-0.2, -0.15) is 13.8 Å². The number of hydrogen-bond acceptors (Lipinski definition) is 2. The normalized spacial score (nSPS) is 13.7. The fraction of sp³-hybridized carbons (Fsp3) is 0.500. The van der Waals surface area contributed by atoms with E-state index in [9.17, 15) is 4.79 Å². The van der Waals surface area contributed by atoms with Crippen molar-refractivity contribution in [1.29, 1.82) is 0 Å². The first-order valence-electron chi connectivity index (χ1n) is 3.21. The predicted molar refractivity (Wildman–Crippen MR) is 39.0 cm³/mol. The molecular formula is C8H12O2U. The van der Waals surface area contributed by atoms with Crippen molar-refractivity contribution < 1.29 is 40.6 Å². The van der Waals surface area contributed by atoms with Crippen LogP contribution in [0.5, 0.6) is 0 Å². The van der Waals surface area contributed by atoms with Gasteiger partial charge >= 0.3 is 31.1 Å². The average Bonchev–Trinajstić information content (AvgIpc) is 2.19. The number of hydrogen-bond donors (Lipinski definition) is 0. The van der Waals surface area contributed by atoms with E-state index in [0.717, 1.165) is 0 Å². The Hall–Kier alpha value is 0.262. The average molecular weight is 378 g/mol. The van der Waals surface area contributed by atoms with Crippen LogP contribution >= 0.6 is 0 Å². The van der Waals surface area contributed by atoms with Crippen molar-refractivity contribution in [2.24, 2.45) is 0 Å². The minimum atomic E-state index is -0.236. The zero-order valence-electron chi connectivity index (χ0n) is 7.10. The monoisotopic (exact) mass is 378 g/mol. The van der Waals surface area contributed by atoms with Crippen LogP contribution in [0.25, 0.3) is 0 Å². The SMILES string of the molecule is CC1=[C-]COC1=O.C[CH-]C.[U+2]. The maximum atomic E-state index is 10.3. The van der Waals surface area contributed by atoms with Gasteiger partial charge in [-0.15, -0.1) is 5.57 Å². The summed E-state index contributed by atoms with van der Waals surface area (Å²) in [5.41, 5.74) is 0.597. The fourth-order valence-electron chi connectivity index (χ4n) is 0.390. The minimum Gasteiger partial charge on any atom is -0.561 e. The van der Waals surface area contributed by atoms with Gasteiger partial charge < -0.3 is 16.0 Å². The molecule has 0 bridgehead atoms. The maximum Gasteiger partial charge on any atom is 2.00 e. The largest absolute Gasteiger partial charge is 2.00 e. The fourth-order valence-corrected chi connectivity index (χ4v) is 0.390. The standard InChI is InChI=1S/C5H5O2.C3H7.U/c1-4-2-3-7-5(4)6;1-3-2;/h3H2,1H3;3H,1-2H3;/q2*-1;+2. The van der Waals surface area contributed by atoms with E-state index < -0.39 is 0 Å². The van der Waals surface area contributed by atoms with Crippen molar-refractivity contribution in [2.45, 2.75) is 20.8 Å². The third-order valence-corrected chi connectivity index (χ3v) is 0.847. The Morgan fingerprint density at radius 2 is 2.00 bits per heavy atom. The molecule has 1 heterocycles. The van der Waals surface area contributed by atoms with Crippen LogP contribution in [0.15, 0.2) is 5.57 Å². The topological polar surface area (TPSA) is 26.3 Å². The number of esters is 1. The van der Waals surface area contributed by atoms with Crippen molar-refractivity contribution in [3.63, 3.8) is 0 Å². The van der Waals surface area contributed by atoms with Crippen LogP contribution in [-0.2, 0) is 9.53 Å². The second-order valence-corrected chi connectivity index (χ2v) is 1.96. The summed E-state index contributed by atoms with van der Waals surface area (Å²) < 4.78 is 4.48. The molecule has 2 nitrogen and oxygen atoms in total. The zero-order chi connectivity index (χ0) is 7.98. The summed E-state index contributed by atoms with van der Waals surface area (Å²) in [6.07, 6.45) is 4.71. The number of cyclic esters (lactones) is 1. The van der Waals surface area contributed by atoms with Gasteiger partial charge in [0, 0.05) is 6.61 Å². The molecule has 1 aliphatic heterocycles. The van der Waals surface area contributed by atoms with Crippen molar-refractivity contribution in [3.05, 3.63) is 18.1 Å². The molecule has 0 amide bonds. The Bertz CT molecular complexity index is 141. The molecule has 0 aromatic rings. The maximum absolute atomic E-state index is 10.3. The molecule has 0 spiro atoms. The van der Waals surface area contributed by atoms with E-state index in [1.54, 1.807) is 6.92 Å². The van der Waals surface area contributed by atoms with Crippen LogP contribution in [0.4, 0.5) is 0 Å². The second kappa shape index (κ2) is 8.36. The molecule has 3 heteroatoms. The zero-order valence-corrected chi connectivity index (χ0v) is 11.3. The van der Waals surface area contributed by atoms with Gasteiger partial charge in [0.05, 0.1) is 0 Å². The Labute approximate surface area is 91.8 Å². The van der Waals surface area contributed by atoms with Crippen molar-refractivity contribution >= 4 is 5.97 Å². The van der Waals surface area contributed by atoms with Crippen molar-refractivity contribution in [1.82, 2.24) is 0 Å². The van der Waals surface area contributed by atoms with Crippen molar-refractivity contribution in [3.8, 4) is 0 Å². The minimum absolute atomic E-state index is 0. The Morgan fingerprint density at radius 3 is 2.09 bits per heavy atom. The first kappa shape index (κ1) is 13.8. The third kappa shape index (κ3) is 6.65. The van der Waals surface area contributed by atoms with Crippen molar-refractivity contribution in [2.75, 3.05) is 6.61 Å². The van der Waals surface area contributed by atoms with Gasteiger partial charge in [-0.25, -0.2) is 6.08 Å². The number of rotatable bonds is 0. The molecule has 60 valence electrons. The summed E-state index contributed by atoms with van der Waals surface area (Å²) in [7, 11) is 0. The second-order valence-electron chi connectivity index (χ2n) is 1.96.